The summed E-state index contributed by atoms with van der Waals surface area (Å²) in [6.45, 7) is 0.242. The Balaban J connectivity index is 2.11. The molecule has 0 spiro atoms. The highest BCUT2D eigenvalue weighted by molar-refractivity contribution is 9.10. The molecular formula is C14H13BrClNO2S. The minimum absolute atomic E-state index is 0.234. The monoisotopic (exact) mass is 373 g/mol. The molecule has 0 aromatic heterocycles. The van der Waals surface area contributed by atoms with Crippen LogP contribution in [0.5, 0.6) is 0 Å². The van der Waals surface area contributed by atoms with Crippen LogP contribution < -0.4 is 4.72 Å². The lowest BCUT2D eigenvalue weighted by Crippen LogP contribution is -2.23. The van der Waals surface area contributed by atoms with Gasteiger partial charge in [-0.05, 0) is 39.2 Å². The second-order valence-corrected chi connectivity index (χ2v) is 7.06. The summed E-state index contributed by atoms with van der Waals surface area (Å²) < 4.78 is 27.5. The Morgan fingerprint density at radius 2 is 1.60 bits per heavy atom. The van der Waals surface area contributed by atoms with Gasteiger partial charge in [0.15, 0.2) is 0 Å². The van der Waals surface area contributed by atoms with Crippen LogP contribution in [0.25, 0.3) is 0 Å². The van der Waals surface area contributed by atoms with E-state index >= 15 is 0 Å². The first-order valence-corrected chi connectivity index (χ1v) is 8.72. The molecule has 0 bridgehead atoms. The van der Waals surface area contributed by atoms with Crippen molar-refractivity contribution in [2.45, 2.75) is 17.3 Å². The van der Waals surface area contributed by atoms with E-state index in [0.717, 1.165) is 11.1 Å². The molecule has 2 aromatic rings. The van der Waals surface area contributed by atoms with E-state index in [4.69, 9.17) is 11.6 Å². The molecule has 2 aromatic carbocycles. The minimum atomic E-state index is -3.53. The highest BCUT2D eigenvalue weighted by Gasteiger charge is 2.16. The molecule has 0 aliphatic carbocycles. The van der Waals surface area contributed by atoms with E-state index in [9.17, 15) is 8.42 Å². The Hall–Kier alpha value is -0.880. The Bertz CT molecular complexity index is 687. The molecule has 0 heterocycles. The number of hydrogen-bond donors (Lipinski definition) is 1. The van der Waals surface area contributed by atoms with Crippen molar-refractivity contribution in [3.05, 3.63) is 64.1 Å². The second-order valence-electron chi connectivity index (χ2n) is 4.21. The van der Waals surface area contributed by atoms with Gasteiger partial charge in [0.2, 0.25) is 10.0 Å². The molecule has 1 N–H and O–H groups in total. The van der Waals surface area contributed by atoms with Crippen molar-refractivity contribution >= 4 is 37.6 Å². The first-order chi connectivity index (χ1) is 9.53. The average Bonchev–Trinajstić information content (AvgIpc) is 2.46. The summed E-state index contributed by atoms with van der Waals surface area (Å²) in [4.78, 5) is 0.234. The lowest BCUT2D eigenvalue weighted by Gasteiger charge is -2.08. The molecule has 20 heavy (non-hydrogen) atoms. The van der Waals surface area contributed by atoms with Crippen LogP contribution in [0.2, 0.25) is 0 Å². The van der Waals surface area contributed by atoms with Gasteiger partial charge in [0.25, 0.3) is 0 Å². The zero-order chi connectivity index (χ0) is 14.6. The Morgan fingerprint density at radius 3 is 2.20 bits per heavy atom. The molecule has 0 fully saturated rings. The van der Waals surface area contributed by atoms with Crippen LogP contribution in [0.1, 0.15) is 11.1 Å². The van der Waals surface area contributed by atoms with Crippen LogP contribution >= 0.6 is 27.5 Å². The Labute approximate surface area is 132 Å². The van der Waals surface area contributed by atoms with Gasteiger partial charge in [-0.25, -0.2) is 13.1 Å². The van der Waals surface area contributed by atoms with Crippen LogP contribution in [0.4, 0.5) is 0 Å². The predicted octanol–water partition coefficient (Wildman–Crippen LogP) is 3.67. The van der Waals surface area contributed by atoms with Crippen molar-refractivity contribution in [3.63, 3.8) is 0 Å². The zero-order valence-corrected chi connectivity index (χ0v) is 13.7. The van der Waals surface area contributed by atoms with Crippen LogP contribution in [-0.2, 0) is 22.4 Å². The maximum atomic E-state index is 12.2. The van der Waals surface area contributed by atoms with Gasteiger partial charge in [-0.2, -0.15) is 0 Å². The van der Waals surface area contributed by atoms with E-state index < -0.39 is 10.0 Å². The Kier molecular flexibility index (Phi) is 5.21. The predicted molar refractivity (Wildman–Crippen MR) is 84.2 cm³/mol. The first kappa shape index (κ1) is 15.5. The molecule has 3 nitrogen and oxygen atoms in total. The summed E-state index contributed by atoms with van der Waals surface area (Å²) in [5.74, 6) is 0.447. The highest BCUT2D eigenvalue weighted by Crippen LogP contribution is 2.21. The number of rotatable bonds is 5. The van der Waals surface area contributed by atoms with Gasteiger partial charge in [-0.15, -0.1) is 11.6 Å². The smallest absolute Gasteiger partial charge is 0.207 e. The van der Waals surface area contributed by atoms with Gasteiger partial charge >= 0.3 is 0 Å². The van der Waals surface area contributed by atoms with Gasteiger partial charge in [0, 0.05) is 16.9 Å². The van der Waals surface area contributed by atoms with E-state index in [1.165, 1.54) is 0 Å². The molecule has 0 amide bonds. The van der Waals surface area contributed by atoms with Gasteiger partial charge in [0.05, 0.1) is 4.90 Å². The molecule has 0 atom stereocenters. The van der Waals surface area contributed by atoms with Crippen LogP contribution in [0.15, 0.2) is 57.9 Å². The largest absolute Gasteiger partial charge is 0.241 e. The van der Waals surface area contributed by atoms with Gasteiger partial charge in [-0.3, -0.25) is 0 Å². The number of sulfonamides is 1. The third-order valence-electron chi connectivity index (χ3n) is 2.77. The fourth-order valence-corrected chi connectivity index (χ4v) is 3.86. The van der Waals surface area contributed by atoms with Crippen molar-refractivity contribution in [2.75, 3.05) is 0 Å². The number of benzene rings is 2. The minimum Gasteiger partial charge on any atom is -0.207 e. The van der Waals surface area contributed by atoms with Crippen molar-refractivity contribution in [2.24, 2.45) is 0 Å². The highest BCUT2D eigenvalue weighted by atomic mass is 79.9. The maximum Gasteiger partial charge on any atom is 0.241 e. The SMILES string of the molecule is O=S(=O)(NCc1ccc(CCl)cc1)c1ccccc1Br. The first-order valence-electron chi connectivity index (χ1n) is 5.91. The third kappa shape index (κ3) is 3.82. The van der Waals surface area contributed by atoms with E-state index in [-0.39, 0.29) is 11.4 Å². The Morgan fingerprint density at radius 1 is 1.00 bits per heavy atom. The van der Waals surface area contributed by atoms with E-state index in [1.54, 1.807) is 24.3 Å². The summed E-state index contributed by atoms with van der Waals surface area (Å²) in [5.41, 5.74) is 1.89. The summed E-state index contributed by atoms with van der Waals surface area (Å²) in [5, 5.41) is 0. The number of hydrogen-bond acceptors (Lipinski definition) is 2. The normalized spacial score (nSPS) is 11.5. The summed E-state index contributed by atoms with van der Waals surface area (Å²) in [6, 6.07) is 14.2. The maximum absolute atomic E-state index is 12.2. The molecule has 106 valence electrons. The number of alkyl halides is 1. The molecule has 2 rings (SSSR count). The molecule has 0 radical (unpaired) electrons. The van der Waals surface area contributed by atoms with Crippen molar-refractivity contribution < 1.29 is 8.42 Å². The van der Waals surface area contributed by atoms with Crippen molar-refractivity contribution in [3.8, 4) is 0 Å². The molecule has 0 unspecified atom stereocenters. The standard InChI is InChI=1S/C14H13BrClNO2S/c15-13-3-1-2-4-14(13)20(18,19)17-10-12-7-5-11(9-16)6-8-12/h1-8,17H,9-10H2. The fourth-order valence-electron chi connectivity index (χ4n) is 1.66. The quantitative estimate of drug-likeness (QED) is 0.812. The summed E-state index contributed by atoms with van der Waals surface area (Å²) >= 11 is 8.95. The topological polar surface area (TPSA) is 46.2 Å². The molecule has 0 saturated carbocycles. The summed E-state index contributed by atoms with van der Waals surface area (Å²) in [6.07, 6.45) is 0. The number of halogens is 2. The second kappa shape index (κ2) is 6.72. The fraction of sp³-hybridized carbons (Fsp3) is 0.143. The molecule has 0 aliphatic heterocycles. The molecule has 0 aliphatic rings. The van der Waals surface area contributed by atoms with Gasteiger partial charge < -0.3 is 0 Å². The number of nitrogens with one attached hydrogen (secondary N) is 1. The average molecular weight is 375 g/mol. The van der Waals surface area contributed by atoms with Crippen LogP contribution in [0.3, 0.4) is 0 Å². The van der Waals surface area contributed by atoms with E-state index in [0.29, 0.717) is 10.4 Å². The lowest BCUT2D eigenvalue weighted by molar-refractivity contribution is 0.581. The summed E-state index contributed by atoms with van der Waals surface area (Å²) in [7, 11) is -3.53. The van der Waals surface area contributed by atoms with Crippen LogP contribution in [0, 0.1) is 0 Å². The van der Waals surface area contributed by atoms with Gasteiger partial charge in [-0.1, -0.05) is 36.4 Å². The lowest BCUT2D eigenvalue weighted by atomic mass is 10.1. The third-order valence-corrected chi connectivity index (χ3v) is 5.49. The van der Waals surface area contributed by atoms with Crippen molar-refractivity contribution in [1.29, 1.82) is 0 Å². The molecular weight excluding hydrogens is 362 g/mol. The van der Waals surface area contributed by atoms with E-state index in [2.05, 4.69) is 20.7 Å². The van der Waals surface area contributed by atoms with Gasteiger partial charge in [0.1, 0.15) is 0 Å². The van der Waals surface area contributed by atoms with E-state index in [1.807, 2.05) is 24.3 Å². The molecule has 0 saturated heterocycles. The van der Waals surface area contributed by atoms with Crippen molar-refractivity contribution in [1.82, 2.24) is 4.72 Å². The molecule has 6 heteroatoms. The zero-order valence-electron chi connectivity index (χ0n) is 10.5. The van der Waals surface area contributed by atoms with Crippen LogP contribution in [-0.4, -0.2) is 8.42 Å².